The maximum absolute atomic E-state index is 16.5. The number of hydrogen-bond acceptors (Lipinski definition) is 11. The molecule has 0 aromatic carbocycles. The molecule has 3 saturated heterocycles. The number of rotatable bonds is 9. The Hall–Kier alpha value is -2.84. The quantitative estimate of drug-likeness (QED) is 0.0893. The van der Waals surface area contributed by atoms with E-state index in [-0.39, 0.29) is 43.9 Å². The molecular formula is C34H56FN5O9. The lowest BCUT2D eigenvalue weighted by atomic mass is 9.74. The minimum absolute atomic E-state index is 0.0952. The molecule has 0 spiro atoms. The van der Waals surface area contributed by atoms with Crippen LogP contribution in [0, 0.1) is 23.7 Å². The summed E-state index contributed by atoms with van der Waals surface area (Å²) in [4.78, 5) is 61.2. The monoisotopic (exact) mass is 697 g/mol. The SMILES string of the molecule is CCC1OC(=O)C(C)(F)C(=O)C(C)[C@@H](OC2OC(C)CC(N(C)C)C2O)[C@@H](C)C[C@@H](C)C(=O)[C@H](C)[C@H]2N(CCCCN=[N+]=[N-])C(=O)O[C@]12C. The summed E-state index contributed by atoms with van der Waals surface area (Å²) >= 11 is 0. The van der Waals surface area contributed by atoms with Gasteiger partial charge in [0.05, 0.1) is 18.2 Å². The average Bonchev–Trinajstić information content (AvgIpc) is 3.30. The summed E-state index contributed by atoms with van der Waals surface area (Å²) in [7, 11) is 3.66. The van der Waals surface area contributed by atoms with E-state index in [9.17, 15) is 24.3 Å². The summed E-state index contributed by atoms with van der Waals surface area (Å²) in [5.74, 6) is -5.85. The number of ether oxygens (including phenoxy) is 4. The van der Waals surface area contributed by atoms with Crippen LogP contribution in [0.2, 0.25) is 0 Å². The van der Waals surface area contributed by atoms with Crippen LogP contribution in [0.3, 0.4) is 0 Å². The molecule has 0 aromatic rings. The third-order valence-electron chi connectivity index (χ3n) is 10.7. The third kappa shape index (κ3) is 8.56. The maximum Gasteiger partial charge on any atom is 0.410 e. The van der Waals surface area contributed by atoms with Crippen LogP contribution in [0.4, 0.5) is 9.18 Å². The van der Waals surface area contributed by atoms with Crippen molar-refractivity contribution in [2.75, 3.05) is 27.2 Å². The highest BCUT2D eigenvalue weighted by atomic mass is 19.1. The number of fused-ring (bicyclic) bond motifs is 1. The predicted octanol–water partition coefficient (Wildman–Crippen LogP) is 4.60. The zero-order chi connectivity index (χ0) is 37.0. The first kappa shape index (κ1) is 40.6. The fraction of sp³-hybridized carbons (Fsp3) is 0.882. The number of azide groups is 1. The Morgan fingerprint density at radius 1 is 1.08 bits per heavy atom. The number of aliphatic hydroxyl groups excluding tert-OH is 1. The van der Waals surface area contributed by atoms with E-state index in [1.807, 2.05) is 25.9 Å². The van der Waals surface area contributed by atoms with Crippen molar-refractivity contribution in [3.63, 3.8) is 0 Å². The molecule has 0 radical (unpaired) electrons. The van der Waals surface area contributed by atoms with Gasteiger partial charge in [0.15, 0.2) is 17.7 Å². The van der Waals surface area contributed by atoms with E-state index in [4.69, 9.17) is 24.5 Å². The van der Waals surface area contributed by atoms with Gasteiger partial charge in [0.25, 0.3) is 5.67 Å². The molecule has 0 aliphatic carbocycles. The molecule has 0 aromatic heterocycles. The Kier molecular flexibility index (Phi) is 13.6. The van der Waals surface area contributed by atoms with E-state index in [2.05, 4.69) is 10.0 Å². The fourth-order valence-electron chi connectivity index (χ4n) is 7.98. The van der Waals surface area contributed by atoms with Gasteiger partial charge in [0, 0.05) is 41.8 Å². The van der Waals surface area contributed by atoms with Crippen LogP contribution >= 0.6 is 0 Å². The van der Waals surface area contributed by atoms with Crippen molar-refractivity contribution >= 4 is 23.6 Å². The average molecular weight is 698 g/mol. The van der Waals surface area contributed by atoms with E-state index >= 15 is 4.39 Å². The molecule has 0 saturated carbocycles. The molecule has 7 unspecified atom stereocenters. The molecule has 1 N–H and O–H groups in total. The Balaban J connectivity index is 2.06. The first-order valence-electron chi connectivity index (χ1n) is 17.5. The predicted molar refractivity (Wildman–Crippen MR) is 177 cm³/mol. The van der Waals surface area contributed by atoms with Crippen molar-refractivity contribution in [2.45, 2.75) is 142 Å². The number of likely N-dealkylation sites (N-methyl/N-ethyl adjacent to an activating group) is 1. The van der Waals surface area contributed by atoms with Crippen molar-refractivity contribution in [3.05, 3.63) is 10.4 Å². The molecule has 49 heavy (non-hydrogen) atoms. The number of halogens is 1. The van der Waals surface area contributed by atoms with Crippen LogP contribution < -0.4 is 0 Å². The summed E-state index contributed by atoms with van der Waals surface area (Å²) in [5.41, 5.74) is 3.96. The third-order valence-corrected chi connectivity index (χ3v) is 10.7. The molecule has 15 heteroatoms. The number of amides is 1. The first-order valence-corrected chi connectivity index (χ1v) is 17.5. The molecule has 3 heterocycles. The molecule has 3 aliphatic heterocycles. The zero-order valence-corrected chi connectivity index (χ0v) is 30.6. The van der Waals surface area contributed by atoms with Crippen molar-refractivity contribution in [2.24, 2.45) is 28.8 Å². The number of ketones is 2. The number of unbranched alkanes of at least 4 members (excludes halogenated alkanes) is 1. The summed E-state index contributed by atoms with van der Waals surface area (Å²) in [6, 6.07) is -1.21. The minimum atomic E-state index is -3.10. The van der Waals surface area contributed by atoms with Crippen molar-refractivity contribution in [3.8, 4) is 0 Å². The van der Waals surface area contributed by atoms with E-state index < -0.39 is 83.4 Å². The topological polar surface area (TPSA) is 181 Å². The minimum Gasteiger partial charge on any atom is -0.455 e. The fourth-order valence-corrected chi connectivity index (χ4v) is 7.98. The van der Waals surface area contributed by atoms with E-state index in [1.165, 1.54) is 11.8 Å². The smallest absolute Gasteiger partial charge is 0.410 e. The normalized spacial score (nSPS) is 41.1. The second-order valence-corrected chi connectivity index (χ2v) is 14.8. The highest BCUT2D eigenvalue weighted by Crippen LogP contribution is 2.42. The number of cyclic esters (lactones) is 1. The lowest BCUT2D eigenvalue weighted by Gasteiger charge is -2.44. The van der Waals surface area contributed by atoms with Gasteiger partial charge in [-0.05, 0) is 78.4 Å². The highest BCUT2D eigenvalue weighted by Gasteiger charge is 2.61. The molecule has 0 bridgehead atoms. The van der Waals surface area contributed by atoms with Gasteiger partial charge in [0.2, 0.25) is 0 Å². The second-order valence-electron chi connectivity index (χ2n) is 14.8. The van der Waals surface area contributed by atoms with Crippen LogP contribution in [0.5, 0.6) is 0 Å². The van der Waals surface area contributed by atoms with Gasteiger partial charge in [-0.1, -0.05) is 39.7 Å². The number of Topliss-reactive ketones (excluding diaryl/α,β-unsaturated/α-hetero) is 2. The standard InChI is InChI=1S/C34H56FN5O9/c1-11-24-34(8)28(40(32(45)49-34)15-13-12-14-37-38-36)21(5)25(41)18(2)16-19(3)27(22(6)29(43)33(7,35)31(44)47-24)48-30-26(42)23(39(9)10)17-20(4)46-30/h18-24,26-28,30,42H,11-17H2,1-10H3/t18-,19+,20?,21+,22?,23?,24?,26?,27+,28-,30?,33?,34-/m1/s1. The zero-order valence-electron chi connectivity index (χ0n) is 30.6. The summed E-state index contributed by atoms with van der Waals surface area (Å²) in [6.45, 7) is 13.1. The summed E-state index contributed by atoms with van der Waals surface area (Å²) < 4.78 is 40.5. The Bertz CT molecular complexity index is 1260. The number of carbonyl (C=O) groups excluding carboxylic acids is 4. The van der Waals surface area contributed by atoms with Crippen LogP contribution in [-0.4, -0.2) is 120 Å². The van der Waals surface area contributed by atoms with Gasteiger partial charge in [-0.25, -0.2) is 14.0 Å². The van der Waals surface area contributed by atoms with Gasteiger partial charge in [-0.2, -0.15) is 0 Å². The number of nitrogens with zero attached hydrogens (tertiary/aromatic N) is 5. The van der Waals surface area contributed by atoms with Crippen LogP contribution in [0.1, 0.15) is 87.5 Å². The Labute approximate surface area is 288 Å². The van der Waals surface area contributed by atoms with E-state index in [0.29, 0.717) is 19.3 Å². The highest BCUT2D eigenvalue weighted by molar-refractivity contribution is 6.07. The Morgan fingerprint density at radius 3 is 2.33 bits per heavy atom. The lowest BCUT2D eigenvalue weighted by molar-refractivity contribution is -0.278. The largest absolute Gasteiger partial charge is 0.455 e. The number of hydrogen-bond donors (Lipinski definition) is 1. The van der Waals surface area contributed by atoms with Crippen LogP contribution in [0.15, 0.2) is 5.11 Å². The van der Waals surface area contributed by atoms with E-state index in [0.717, 1.165) is 6.92 Å². The summed E-state index contributed by atoms with van der Waals surface area (Å²) in [6.07, 6.45) is -3.71. The molecule has 13 atom stereocenters. The molecule has 1 amide bonds. The first-order chi connectivity index (χ1) is 22.8. The molecular weight excluding hydrogens is 641 g/mol. The maximum atomic E-state index is 16.5. The molecule has 14 nitrogen and oxygen atoms in total. The molecule has 3 aliphatic rings. The Morgan fingerprint density at radius 2 is 1.73 bits per heavy atom. The van der Waals surface area contributed by atoms with Gasteiger partial charge in [-0.15, -0.1) is 0 Å². The number of alkyl halides is 1. The molecule has 3 rings (SSSR count). The second kappa shape index (κ2) is 16.5. The lowest BCUT2D eigenvalue weighted by Crippen LogP contribution is -2.59. The summed E-state index contributed by atoms with van der Waals surface area (Å²) in [5, 5.41) is 14.7. The van der Waals surface area contributed by atoms with Gasteiger partial charge >= 0.3 is 12.1 Å². The van der Waals surface area contributed by atoms with Crippen molar-refractivity contribution in [1.82, 2.24) is 9.80 Å². The van der Waals surface area contributed by atoms with Crippen molar-refractivity contribution in [1.29, 1.82) is 0 Å². The molecule has 278 valence electrons. The van der Waals surface area contributed by atoms with Gasteiger partial charge in [-0.3, -0.25) is 9.59 Å². The number of carbonyl (C=O) groups is 4. The van der Waals surface area contributed by atoms with Crippen LogP contribution in [-0.2, 0) is 33.3 Å². The molecule has 3 fully saturated rings. The van der Waals surface area contributed by atoms with Gasteiger partial charge in [0.1, 0.15) is 18.0 Å². The van der Waals surface area contributed by atoms with E-state index in [1.54, 1.807) is 34.6 Å². The number of esters is 1. The number of aliphatic hydroxyl groups is 1. The van der Waals surface area contributed by atoms with Gasteiger partial charge < -0.3 is 33.9 Å². The van der Waals surface area contributed by atoms with Crippen LogP contribution in [0.25, 0.3) is 10.4 Å². The van der Waals surface area contributed by atoms with Crippen molar-refractivity contribution < 1.29 is 47.6 Å².